The maximum absolute atomic E-state index is 12.3. The lowest BCUT2D eigenvalue weighted by Gasteiger charge is -2.10. The smallest absolute Gasteiger partial charge is 0.250 e. The predicted octanol–water partition coefficient (Wildman–Crippen LogP) is 6.13. The fraction of sp³-hybridized carbons (Fsp3) is 0.0833. The molecule has 4 rings (SSSR count). The van der Waals surface area contributed by atoms with Gasteiger partial charge in [-0.2, -0.15) is 5.10 Å². The second-order valence-corrected chi connectivity index (χ2v) is 8.93. The molecule has 1 N–H and O–H groups in total. The molecule has 2 heterocycles. The van der Waals surface area contributed by atoms with E-state index in [1.54, 1.807) is 42.8 Å². The summed E-state index contributed by atoms with van der Waals surface area (Å²) in [4.78, 5) is 12.3. The van der Waals surface area contributed by atoms with Gasteiger partial charge in [-0.05, 0) is 79.2 Å². The first kappa shape index (κ1) is 23.8. The Kier molecular flexibility index (Phi) is 7.84. The Hall–Kier alpha value is -3.33. The van der Waals surface area contributed by atoms with Crippen molar-refractivity contribution < 1.29 is 9.21 Å². The van der Waals surface area contributed by atoms with Crippen LogP contribution in [0.4, 0.5) is 0 Å². The molecule has 0 spiro atoms. The van der Waals surface area contributed by atoms with Gasteiger partial charge in [0.1, 0.15) is 5.76 Å². The summed E-state index contributed by atoms with van der Waals surface area (Å²) in [5, 5.41) is 14.5. The fourth-order valence-corrected chi connectivity index (χ4v) is 3.97. The van der Waals surface area contributed by atoms with E-state index in [0.717, 1.165) is 16.8 Å². The third kappa shape index (κ3) is 6.17. The molecule has 0 unspecified atom stereocenters. The van der Waals surface area contributed by atoms with Crippen LogP contribution >= 0.6 is 35.0 Å². The number of hydrogen-bond acceptors (Lipinski definition) is 6. The van der Waals surface area contributed by atoms with Crippen molar-refractivity contribution in [2.75, 3.05) is 5.75 Å². The number of nitrogens with one attached hydrogen (secondary N) is 1. The first-order valence-electron chi connectivity index (χ1n) is 10.1. The topological polar surface area (TPSA) is 85.3 Å². The van der Waals surface area contributed by atoms with Gasteiger partial charge in [-0.25, -0.2) is 5.43 Å². The van der Waals surface area contributed by atoms with E-state index in [0.29, 0.717) is 26.8 Å². The van der Waals surface area contributed by atoms with E-state index >= 15 is 0 Å². The number of amides is 1. The number of thioether (sulfide) groups is 1. The highest BCUT2D eigenvalue weighted by Crippen LogP contribution is 2.29. The molecular formula is C24H19Cl2N5O2S. The number of carbonyl (C=O) groups excluding carboxylic acids is 1. The van der Waals surface area contributed by atoms with E-state index in [-0.39, 0.29) is 11.7 Å². The van der Waals surface area contributed by atoms with Gasteiger partial charge in [0.25, 0.3) is 5.91 Å². The second kappa shape index (κ2) is 11.2. The number of halogens is 2. The summed E-state index contributed by atoms with van der Waals surface area (Å²) in [6, 6.07) is 18.3. The van der Waals surface area contributed by atoms with E-state index in [9.17, 15) is 4.79 Å². The molecule has 34 heavy (non-hydrogen) atoms. The summed E-state index contributed by atoms with van der Waals surface area (Å²) in [6.45, 7) is 1.86. The molecule has 0 aliphatic rings. The van der Waals surface area contributed by atoms with Gasteiger partial charge >= 0.3 is 0 Å². The molecule has 2 aromatic carbocycles. The van der Waals surface area contributed by atoms with Crippen LogP contribution in [0.1, 0.15) is 12.7 Å². The largest absolute Gasteiger partial charge is 0.465 e. The number of aromatic nitrogens is 3. The number of furan rings is 1. The van der Waals surface area contributed by atoms with Gasteiger partial charge in [0.15, 0.2) is 11.0 Å². The minimum Gasteiger partial charge on any atom is -0.465 e. The minimum absolute atomic E-state index is 0.102. The van der Waals surface area contributed by atoms with Crippen LogP contribution in [0.5, 0.6) is 0 Å². The molecule has 172 valence electrons. The molecule has 0 bridgehead atoms. The van der Waals surface area contributed by atoms with Gasteiger partial charge in [-0.1, -0.05) is 35.0 Å². The van der Waals surface area contributed by atoms with Crippen LogP contribution in [0.3, 0.4) is 0 Å². The van der Waals surface area contributed by atoms with Gasteiger partial charge in [-0.3, -0.25) is 9.36 Å². The highest BCUT2D eigenvalue weighted by atomic mass is 35.5. The third-order valence-corrected chi connectivity index (χ3v) is 5.96. The second-order valence-electron chi connectivity index (χ2n) is 7.11. The van der Waals surface area contributed by atoms with Crippen LogP contribution < -0.4 is 5.43 Å². The van der Waals surface area contributed by atoms with E-state index in [2.05, 4.69) is 20.7 Å². The molecule has 0 fully saturated rings. The molecule has 7 nitrogen and oxygen atoms in total. The van der Waals surface area contributed by atoms with Gasteiger partial charge < -0.3 is 4.42 Å². The summed E-state index contributed by atoms with van der Waals surface area (Å²) in [5.74, 6) is 1.16. The summed E-state index contributed by atoms with van der Waals surface area (Å²) in [6.07, 6.45) is 4.97. The average molecular weight is 512 g/mol. The lowest BCUT2D eigenvalue weighted by molar-refractivity contribution is -0.118. The third-order valence-electron chi connectivity index (χ3n) is 4.52. The zero-order chi connectivity index (χ0) is 23.9. The Morgan fingerprint density at radius 1 is 1.09 bits per heavy atom. The van der Waals surface area contributed by atoms with E-state index in [1.165, 1.54) is 11.8 Å². The maximum atomic E-state index is 12.3. The SMILES string of the molecule is CC(/C=N/NC(=O)CSc1nnc(-c2ccc(Cl)cc2)n1-c1ccc(Cl)cc1)=C\c1ccco1. The van der Waals surface area contributed by atoms with Crippen LogP contribution in [0.25, 0.3) is 23.2 Å². The fourth-order valence-electron chi connectivity index (χ4n) is 2.98. The zero-order valence-corrected chi connectivity index (χ0v) is 20.3. The predicted molar refractivity (Wildman–Crippen MR) is 137 cm³/mol. The van der Waals surface area contributed by atoms with Crippen molar-refractivity contribution in [3.8, 4) is 17.1 Å². The molecule has 4 aromatic rings. The number of allylic oxidation sites excluding steroid dienone is 1. The molecule has 1 amide bonds. The van der Waals surface area contributed by atoms with E-state index < -0.39 is 0 Å². The van der Waals surface area contributed by atoms with Crippen molar-refractivity contribution in [1.29, 1.82) is 0 Å². The van der Waals surface area contributed by atoms with Crippen LogP contribution in [-0.4, -0.2) is 32.6 Å². The van der Waals surface area contributed by atoms with Crippen LogP contribution in [0.15, 0.2) is 87.2 Å². The quantitative estimate of drug-likeness (QED) is 0.174. The van der Waals surface area contributed by atoms with Crippen molar-refractivity contribution in [1.82, 2.24) is 20.2 Å². The van der Waals surface area contributed by atoms with E-state index in [1.807, 2.05) is 47.9 Å². The Bertz CT molecular complexity index is 1310. The maximum Gasteiger partial charge on any atom is 0.250 e. The average Bonchev–Trinajstić information content (AvgIpc) is 3.49. The van der Waals surface area contributed by atoms with E-state index in [4.69, 9.17) is 27.6 Å². The Balaban J connectivity index is 1.48. The van der Waals surface area contributed by atoms with Gasteiger partial charge in [0, 0.05) is 21.3 Å². The van der Waals surface area contributed by atoms with Crippen molar-refractivity contribution in [2.45, 2.75) is 12.1 Å². The first-order chi connectivity index (χ1) is 16.5. The number of carbonyl (C=O) groups is 1. The lowest BCUT2D eigenvalue weighted by Crippen LogP contribution is -2.20. The number of hydrazone groups is 1. The van der Waals surface area contributed by atoms with Gasteiger partial charge in [0.05, 0.1) is 18.2 Å². The normalized spacial score (nSPS) is 11.8. The highest BCUT2D eigenvalue weighted by Gasteiger charge is 2.17. The number of hydrogen-bond donors (Lipinski definition) is 1. The van der Waals surface area contributed by atoms with Crippen molar-refractivity contribution >= 4 is 53.2 Å². The Morgan fingerprint density at radius 2 is 1.79 bits per heavy atom. The van der Waals surface area contributed by atoms with Crippen LogP contribution in [0.2, 0.25) is 10.0 Å². The monoisotopic (exact) mass is 511 g/mol. The highest BCUT2D eigenvalue weighted by molar-refractivity contribution is 7.99. The summed E-state index contributed by atoms with van der Waals surface area (Å²) in [7, 11) is 0. The first-order valence-corrected chi connectivity index (χ1v) is 11.9. The number of rotatable bonds is 8. The molecule has 0 aliphatic heterocycles. The molecular weight excluding hydrogens is 493 g/mol. The Morgan fingerprint density at radius 3 is 2.47 bits per heavy atom. The molecule has 10 heteroatoms. The Labute approximate surface area is 210 Å². The molecule has 0 saturated carbocycles. The number of benzene rings is 2. The molecule has 0 aliphatic carbocycles. The minimum atomic E-state index is -0.272. The molecule has 0 atom stereocenters. The summed E-state index contributed by atoms with van der Waals surface area (Å²) < 4.78 is 7.13. The summed E-state index contributed by atoms with van der Waals surface area (Å²) in [5.41, 5.74) is 5.01. The molecule has 0 radical (unpaired) electrons. The van der Waals surface area contributed by atoms with Crippen LogP contribution in [0, 0.1) is 0 Å². The number of nitrogens with zero attached hydrogens (tertiary/aromatic N) is 4. The standard InChI is InChI=1S/C24H19Cl2N5O2S/c1-16(13-21-3-2-12-33-21)14-27-28-22(32)15-34-24-30-29-23(17-4-6-18(25)7-5-17)31(24)20-10-8-19(26)9-11-20/h2-14H,15H2,1H3,(H,28,32)/b16-13+,27-14+. The van der Waals surface area contributed by atoms with Gasteiger partial charge in [0.2, 0.25) is 0 Å². The van der Waals surface area contributed by atoms with Gasteiger partial charge in [-0.15, -0.1) is 10.2 Å². The summed E-state index contributed by atoms with van der Waals surface area (Å²) >= 11 is 13.3. The van der Waals surface area contributed by atoms with Crippen molar-refractivity contribution in [3.05, 3.63) is 88.3 Å². The van der Waals surface area contributed by atoms with Crippen molar-refractivity contribution in [3.63, 3.8) is 0 Å². The molecule has 0 saturated heterocycles. The van der Waals surface area contributed by atoms with Crippen molar-refractivity contribution in [2.24, 2.45) is 5.10 Å². The zero-order valence-electron chi connectivity index (χ0n) is 18.0. The molecule has 2 aromatic heterocycles. The lowest BCUT2D eigenvalue weighted by atomic mass is 10.2. The van der Waals surface area contributed by atoms with Crippen LogP contribution in [-0.2, 0) is 4.79 Å².